The molecule has 1 atom stereocenters. The Morgan fingerprint density at radius 2 is 1.97 bits per heavy atom. The zero-order valence-corrected chi connectivity index (χ0v) is 19.4. The summed E-state index contributed by atoms with van der Waals surface area (Å²) in [6.45, 7) is 10.2. The van der Waals surface area contributed by atoms with Crippen LogP contribution < -0.4 is 14.9 Å². The number of aromatic nitrogens is 2. The molecule has 30 heavy (non-hydrogen) atoms. The van der Waals surface area contributed by atoms with Crippen molar-refractivity contribution in [1.82, 2.24) is 15.4 Å². The predicted molar refractivity (Wildman–Crippen MR) is 121 cm³/mol. The highest BCUT2D eigenvalue weighted by atomic mass is 35.5. The van der Waals surface area contributed by atoms with Gasteiger partial charge in [-0.05, 0) is 57.9 Å². The molecule has 0 aliphatic rings. The number of carbonyl (C=O) groups is 1. The molecule has 1 aromatic heterocycles. The average molecular weight is 451 g/mol. The Kier molecular flexibility index (Phi) is 9.39. The summed E-state index contributed by atoms with van der Waals surface area (Å²) in [5, 5.41) is 5.00. The molecule has 0 saturated heterocycles. The normalized spacial score (nSPS) is 12.1. The first-order valence-electron chi connectivity index (χ1n) is 9.72. The monoisotopic (exact) mass is 450 g/mol. The van der Waals surface area contributed by atoms with Gasteiger partial charge in [0.25, 0.3) is 5.91 Å². The van der Waals surface area contributed by atoms with Crippen molar-refractivity contribution in [3.8, 4) is 11.5 Å². The third-order valence-corrected chi connectivity index (χ3v) is 5.05. The van der Waals surface area contributed by atoms with Crippen LogP contribution in [0.25, 0.3) is 0 Å². The van der Waals surface area contributed by atoms with E-state index in [2.05, 4.69) is 20.5 Å². The minimum atomic E-state index is -0.258. The fraction of sp³-hybridized carbons (Fsp3) is 0.429. The van der Waals surface area contributed by atoms with E-state index in [1.165, 1.54) is 18.0 Å². The van der Waals surface area contributed by atoms with Gasteiger partial charge in [-0.15, -0.1) is 0 Å². The molecule has 1 aromatic carbocycles. The molecule has 0 saturated carbocycles. The van der Waals surface area contributed by atoms with Crippen LogP contribution in [0.15, 0.2) is 28.5 Å². The number of hydrogen-bond donors (Lipinski definition) is 1. The van der Waals surface area contributed by atoms with Crippen LogP contribution in [-0.4, -0.2) is 40.6 Å². The molecule has 1 N–H and O–H groups in total. The molecular formula is C21H27ClN4O3S. The molecule has 0 aliphatic heterocycles. The topological polar surface area (TPSA) is 85.7 Å². The van der Waals surface area contributed by atoms with Gasteiger partial charge < -0.3 is 9.47 Å². The van der Waals surface area contributed by atoms with Crippen LogP contribution >= 0.6 is 23.4 Å². The lowest BCUT2D eigenvalue weighted by Gasteiger charge is -2.18. The maximum absolute atomic E-state index is 12.0. The van der Waals surface area contributed by atoms with E-state index in [1.54, 1.807) is 12.1 Å². The Labute approximate surface area is 186 Å². The Balaban J connectivity index is 1.99. The summed E-state index contributed by atoms with van der Waals surface area (Å²) in [6, 6.07) is 5.38. The predicted octanol–water partition coefficient (Wildman–Crippen LogP) is 4.57. The Bertz CT molecular complexity index is 888. The van der Waals surface area contributed by atoms with Crippen LogP contribution in [-0.2, 0) is 4.79 Å². The molecule has 7 nitrogen and oxygen atoms in total. The molecule has 2 rings (SSSR count). The highest BCUT2D eigenvalue weighted by Crippen LogP contribution is 2.37. The van der Waals surface area contributed by atoms with E-state index in [0.717, 1.165) is 17.8 Å². The van der Waals surface area contributed by atoms with Crippen LogP contribution in [0.4, 0.5) is 0 Å². The molecule has 0 fully saturated rings. The first kappa shape index (κ1) is 24.0. The number of nitrogens with zero attached hydrogens (tertiary/aromatic N) is 3. The summed E-state index contributed by atoms with van der Waals surface area (Å²) in [4.78, 5) is 20.6. The number of hydrogen-bond acceptors (Lipinski definition) is 7. The molecular weight excluding hydrogens is 424 g/mol. The smallest absolute Gasteiger partial charge is 0.250 e. The summed E-state index contributed by atoms with van der Waals surface area (Å²) in [5.74, 6) is 0.957. The highest BCUT2D eigenvalue weighted by molar-refractivity contribution is 7.99. The van der Waals surface area contributed by atoms with Crippen molar-refractivity contribution in [3.05, 3.63) is 40.2 Å². The standard InChI is InChI=1S/C21H27ClN4O3S/c1-6-15(5)29-20-17(22)9-16(10-18(20)28-7-2)11-23-26-19(27)12-30-21-24-13(3)8-14(4)25-21/h8-11,15H,6-7,12H2,1-5H3,(H,26,27)/b23-11-/t15-/m1/s1. The maximum atomic E-state index is 12.0. The van der Waals surface area contributed by atoms with Crippen LogP contribution in [0.3, 0.4) is 0 Å². The van der Waals surface area contributed by atoms with Crippen LogP contribution in [0.2, 0.25) is 5.02 Å². The molecule has 0 bridgehead atoms. The largest absolute Gasteiger partial charge is 0.490 e. The van der Waals surface area contributed by atoms with Crippen molar-refractivity contribution in [1.29, 1.82) is 0 Å². The Hall–Kier alpha value is -2.32. The molecule has 162 valence electrons. The zero-order valence-electron chi connectivity index (χ0n) is 17.9. The Morgan fingerprint density at radius 1 is 1.27 bits per heavy atom. The molecule has 1 heterocycles. The Morgan fingerprint density at radius 3 is 2.60 bits per heavy atom. The van der Waals surface area contributed by atoms with Gasteiger partial charge in [-0.3, -0.25) is 4.79 Å². The number of carbonyl (C=O) groups excluding carboxylic acids is 1. The lowest BCUT2D eigenvalue weighted by Crippen LogP contribution is -2.19. The van der Waals surface area contributed by atoms with Crippen molar-refractivity contribution >= 4 is 35.5 Å². The van der Waals surface area contributed by atoms with Gasteiger partial charge in [-0.2, -0.15) is 5.10 Å². The van der Waals surface area contributed by atoms with Crippen molar-refractivity contribution in [2.24, 2.45) is 5.10 Å². The summed E-state index contributed by atoms with van der Waals surface area (Å²) in [7, 11) is 0. The number of benzene rings is 1. The van der Waals surface area contributed by atoms with E-state index >= 15 is 0 Å². The van der Waals surface area contributed by atoms with Crippen LogP contribution in [0.5, 0.6) is 11.5 Å². The average Bonchev–Trinajstić information content (AvgIpc) is 2.68. The van der Waals surface area contributed by atoms with Crippen molar-refractivity contribution in [3.63, 3.8) is 0 Å². The number of hydrazone groups is 1. The fourth-order valence-corrected chi connectivity index (χ4v) is 3.43. The van der Waals surface area contributed by atoms with Crippen LogP contribution in [0, 0.1) is 13.8 Å². The van der Waals surface area contributed by atoms with E-state index in [4.69, 9.17) is 21.1 Å². The number of aryl methyl sites for hydroxylation is 2. The molecule has 0 spiro atoms. The molecule has 0 unspecified atom stereocenters. The molecule has 0 radical (unpaired) electrons. The number of halogens is 1. The van der Waals surface area contributed by atoms with Crippen molar-refractivity contribution in [2.75, 3.05) is 12.4 Å². The third kappa shape index (κ3) is 7.50. The fourth-order valence-electron chi connectivity index (χ4n) is 2.42. The first-order valence-corrected chi connectivity index (χ1v) is 11.1. The number of rotatable bonds is 10. The van der Waals surface area contributed by atoms with E-state index in [1.807, 2.05) is 40.7 Å². The quantitative estimate of drug-likeness (QED) is 0.247. The lowest BCUT2D eigenvalue weighted by atomic mass is 10.2. The van der Waals surface area contributed by atoms with Gasteiger partial charge in [-0.25, -0.2) is 15.4 Å². The summed E-state index contributed by atoms with van der Waals surface area (Å²) >= 11 is 7.64. The third-order valence-electron chi connectivity index (χ3n) is 3.92. The highest BCUT2D eigenvalue weighted by Gasteiger charge is 2.14. The van der Waals surface area contributed by atoms with E-state index in [0.29, 0.717) is 33.8 Å². The van der Waals surface area contributed by atoms with Crippen molar-refractivity contribution < 1.29 is 14.3 Å². The molecule has 2 aromatic rings. The minimum absolute atomic E-state index is 0.0131. The number of thioether (sulfide) groups is 1. The van der Waals surface area contributed by atoms with Crippen molar-refractivity contribution in [2.45, 2.75) is 52.3 Å². The molecule has 0 aliphatic carbocycles. The van der Waals surface area contributed by atoms with E-state index in [9.17, 15) is 4.79 Å². The van der Waals surface area contributed by atoms with Gasteiger partial charge in [0.05, 0.1) is 29.7 Å². The number of amides is 1. The molecule has 9 heteroatoms. The summed E-state index contributed by atoms with van der Waals surface area (Å²) in [6.07, 6.45) is 2.37. The molecule has 1 amide bonds. The second-order valence-corrected chi connectivity index (χ2v) is 7.96. The minimum Gasteiger partial charge on any atom is -0.490 e. The number of nitrogens with one attached hydrogen (secondary N) is 1. The van der Waals surface area contributed by atoms with E-state index in [-0.39, 0.29) is 17.8 Å². The SMILES string of the molecule is CCOc1cc(/C=N\NC(=O)CSc2nc(C)cc(C)n2)cc(Cl)c1O[C@H](C)CC. The number of ether oxygens (including phenoxy) is 2. The summed E-state index contributed by atoms with van der Waals surface area (Å²) < 4.78 is 11.5. The zero-order chi connectivity index (χ0) is 22.1. The first-order chi connectivity index (χ1) is 14.3. The van der Waals surface area contributed by atoms with Gasteiger partial charge in [0, 0.05) is 11.4 Å². The second kappa shape index (κ2) is 11.8. The second-order valence-electron chi connectivity index (χ2n) is 6.61. The van der Waals surface area contributed by atoms with E-state index < -0.39 is 0 Å². The summed E-state index contributed by atoms with van der Waals surface area (Å²) in [5.41, 5.74) is 4.92. The van der Waals surface area contributed by atoms with Gasteiger partial charge >= 0.3 is 0 Å². The maximum Gasteiger partial charge on any atom is 0.250 e. The van der Waals surface area contributed by atoms with Gasteiger partial charge in [0.2, 0.25) is 0 Å². The van der Waals surface area contributed by atoms with Crippen LogP contribution in [0.1, 0.15) is 44.1 Å². The van der Waals surface area contributed by atoms with Gasteiger partial charge in [-0.1, -0.05) is 30.3 Å². The van der Waals surface area contributed by atoms with Gasteiger partial charge in [0.15, 0.2) is 16.7 Å². The van der Waals surface area contributed by atoms with Gasteiger partial charge in [0.1, 0.15) is 0 Å². The lowest BCUT2D eigenvalue weighted by molar-refractivity contribution is -0.118.